The van der Waals surface area contributed by atoms with E-state index < -0.39 is 0 Å². The molecule has 1 atom stereocenters. The van der Waals surface area contributed by atoms with E-state index in [9.17, 15) is 9.59 Å². The molecule has 1 aliphatic rings. The largest absolute Gasteiger partial charge is 0.457 e. The third-order valence-corrected chi connectivity index (χ3v) is 6.97. The first kappa shape index (κ1) is 26.1. The summed E-state index contributed by atoms with van der Waals surface area (Å²) in [6.07, 6.45) is 2.05. The third kappa shape index (κ3) is 5.98. The molecule has 0 saturated heterocycles. The predicted molar refractivity (Wildman–Crippen MR) is 153 cm³/mol. The van der Waals surface area contributed by atoms with Crippen LogP contribution in [0.2, 0.25) is 0 Å². The highest BCUT2D eigenvalue weighted by Gasteiger charge is 2.34. The standard InChI is InChI=1S/C32H34N4O3/c1-23(2)36(32(38)33-26-12-7-10-24(3)20-26)22-30(37)35-19-18-34-17-9-16-29(34)31(35)25-11-8-15-28(21-25)39-27-13-5-4-6-14-27/h4-17,20-21,23,31H,18-19,22H2,1-3H3,(H,33,38). The summed E-state index contributed by atoms with van der Waals surface area (Å²) in [4.78, 5) is 30.6. The number of hydrogen-bond donors (Lipinski definition) is 1. The van der Waals surface area contributed by atoms with Crippen molar-refractivity contribution in [3.8, 4) is 11.5 Å². The van der Waals surface area contributed by atoms with E-state index in [1.165, 1.54) is 0 Å². The maximum atomic E-state index is 13.9. The molecule has 0 bridgehead atoms. The van der Waals surface area contributed by atoms with Crippen molar-refractivity contribution in [1.82, 2.24) is 14.4 Å². The second-order valence-corrected chi connectivity index (χ2v) is 10.1. The number of aryl methyl sites for hydroxylation is 1. The first-order valence-electron chi connectivity index (χ1n) is 13.3. The van der Waals surface area contributed by atoms with Gasteiger partial charge in [-0.2, -0.15) is 0 Å². The van der Waals surface area contributed by atoms with Crippen LogP contribution in [0.3, 0.4) is 0 Å². The molecule has 5 rings (SSSR count). The van der Waals surface area contributed by atoms with E-state index in [0.717, 1.165) is 22.6 Å². The van der Waals surface area contributed by atoms with Crippen LogP contribution in [0.15, 0.2) is 97.2 Å². The zero-order valence-electron chi connectivity index (χ0n) is 22.6. The topological polar surface area (TPSA) is 66.8 Å². The monoisotopic (exact) mass is 522 g/mol. The van der Waals surface area contributed by atoms with Gasteiger partial charge in [-0.15, -0.1) is 0 Å². The number of amides is 3. The second-order valence-electron chi connectivity index (χ2n) is 10.1. The summed E-state index contributed by atoms with van der Waals surface area (Å²) in [5.74, 6) is 1.35. The zero-order valence-corrected chi connectivity index (χ0v) is 22.6. The van der Waals surface area contributed by atoms with E-state index >= 15 is 0 Å². The van der Waals surface area contributed by atoms with Crippen LogP contribution in [0.5, 0.6) is 11.5 Å². The van der Waals surface area contributed by atoms with E-state index in [0.29, 0.717) is 24.5 Å². The number of para-hydroxylation sites is 1. The Hall–Kier alpha value is -4.52. The van der Waals surface area contributed by atoms with Gasteiger partial charge < -0.3 is 24.4 Å². The van der Waals surface area contributed by atoms with Crippen LogP contribution in [0.25, 0.3) is 0 Å². The number of hydrogen-bond acceptors (Lipinski definition) is 3. The molecule has 0 aliphatic carbocycles. The molecule has 3 amide bonds. The van der Waals surface area contributed by atoms with Crippen molar-refractivity contribution in [2.24, 2.45) is 0 Å². The molecule has 0 saturated carbocycles. The highest BCUT2D eigenvalue weighted by atomic mass is 16.5. The lowest BCUT2D eigenvalue weighted by molar-refractivity contribution is -0.134. The molecule has 1 unspecified atom stereocenters. The first-order chi connectivity index (χ1) is 18.9. The van der Waals surface area contributed by atoms with Crippen molar-refractivity contribution in [2.75, 3.05) is 18.4 Å². The molecule has 3 aromatic carbocycles. The maximum Gasteiger partial charge on any atom is 0.322 e. The van der Waals surface area contributed by atoms with Crippen LogP contribution < -0.4 is 10.1 Å². The number of aromatic nitrogens is 1. The van der Waals surface area contributed by atoms with E-state index in [2.05, 4.69) is 16.0 Å². The second kappa shape index (κ2) is 11.5. The Morgan fingerprint density at radius 2 is 1.69 bits per heavy atom. The Morgan fingerprint density at radius 1 is 0.923 bits per heavy atom. The fourth-order valence-corrected chi connectivity index (χ4v) is 5.02. The Bertz CT molecular complexity index is 1450. The van der Waals surface area contributed by atoms with Crippen molar-refractivity contribution < 1.29 is 14.3 Å². The van der Waals surface area contributed by atoms with Crippen LogP contribution >= 0.6 is 0 Å². The van der Waals surface area contributed by atoms with Gasteiger partial charge in [-0.25, -0.2) is 4.79 Å². The summed E-state index contributed by atoms with van der Waals surface area (Å²) in [5.41, 5.74) is 3.75. The van der Waals surface area contributed by atoms with Gasteiger partial charge in [0.15, 0.2) is 0 Å². The molecule has 1 aliphatic heterocycles. The number of carbonyl (C=O) groups is 2. The Labute approximate surface area is 229 Å². The van der Waals surface area contributed by atoms with Gasteiger partial charge in [-0.3, -0.25) is 4.79 Å². The maximum absolute atomic E-state index is 13.9. The van der Waals surface area contributed by atoms with Gasteiger partial charge in [0.05, 0.1) is 6.04 Å². The number of nitrogens with one attached hydrogen (secondary N) is 1. The van der Waals surface area contributed by atoms with Crippen molar-refractivity contribution >= 4 is 17.6 Å². The molecule has 1 aromatic heterocycles. The summed E-state index contributed by atoms with van der Waals surface area (Å²) in [5, 5.41) is 2.95. The Morgan fingerprint density at radius 3 is 2.46 bits per heavy atom. The molecule has 0 fully saturated rings. The molecular formula is C32H34N4O3. The lowest BCUT2D eigenvalue weighted by atomic mass is 9.99. The van der Waals surface area contributed by atoms with Crippen molar-refractivity contribution in [2.45, 2.75) is 39.4 Å². The molecular weight excluding hydrogens is 488 g/mol. The van der Waals surface area contributed by atoms with Gasteiger partial charge in [-0.1, -0.05) is 42.5 Å². The minimum Gasteiger partial charge on any atom is -0.457 e. The summed E-state index contributed by atoms with van der Waals surface area (Å²) in [6.45, 7) is 7.04. The third-order valence-electron chi connectivity index (χ3n) is 6.97. The smallest absolute Gasteiger partial charge is 0.322 e. The molecule has 2 heterocycles. The van der Waals surface area contributed by atoms with Gasteiger partial charge in [0.2, 0.25) is 5.91 Å². The number of urea groups is 1. The fourth-order valence-electron chi connectivity index (χ4n) is 5.02. The van der Waals surface area contributed by atoms with Crippen molar-refractivity contribution in [1.29, 1.82) is 0 Å². The minimum atomic E-state index is -0.297. The van der Waals surface area contributed by atoms with Crippen molar-refractivity contribution in [3.63, 3.8) is 0 Å². The molecule has 4 aromatic rings. The van der Waals surface area contributed by atoms with Crippen LogP contribution in [0.1, 0.15) is 36.7 Å². The molecule has 7 heteroatoms. The number of carbonyl (C=O) groups excluding carboxylic acids is 2. The summed E-state index contributed by atoms with van der Waals surface area (Å²) >= 11 is 0. The lowest BCUT2D eigenvalue weighted by Gasteiger charge is -2.39. The number of fused-ring (bicyclic) bond motifs is 1. The van der Waals surface area contributed by atoms with Crippen LogP contribution in [-0.4, -0.2) is 45.4 Å². The average Bonchev–Trinajstić information content (AvgIpc) is 3.40. The first-order valence-corrected chi connectivity index (χ1v) is 13.3. The molecule has 1 N–H and O–H groups in total. The van der Waals surface area contributed by atoms with Gasteiger partial charge in [0.25, 0.3) is 0 Å². The Kier molecular flexibility index (Phi) is 7.68. The van der Waals surface area contributed by atoms with E-state index in [1.807, 2.05) is 117 Å². The number of rotatable bonds is 7. The minimum absolute atomic E-state index is 0.0211. The number of benzene rings is 3. The predicted octanol–water partition coefficient (Wildman–Crippen LogP) is 6.46. The van der Waals surface area contributed by atoms with E-state index in [1.54, 1.807) is 4.90 Å². The highest BCUT2D eigenvalue weighted by Crippen LogP contribution is 2.35. The fraction of sp³-hybridized carbons (Fsp3) is 0.250. The van der Waals surface area contributed by atoms with Crippen LogP contribution in [-0.2, 0) is 11.3 Å². The van der Waals surface area contributed by atoms with Gasteiger partial charge in [0, 0.05) is 36.7 Å². The quantitative estimate of drug-likeness (QED) is 0.303. The van der Waals surface area contributed by atoms with Gasteiger partial charge >= 0.3 is 6.03 Å². The highest BCUT2D eigenvalue weighted by molar-refractivity contribution is 5.92. The Balaban J connectivity index is 1.39. The zero-order chi connectivity index (χ0) is 27.4. The molecule has 200 valence electrons. The van der Waals surface area contributed by atoms with E-state index in [-0.39, 0.29) is 30.6 Å². The summed E-state index contributed by atoms with van der Waals surface area (Å²) in [6, 6.07) is 28.5. The normalized spacial score (nSPS) is 14.6. The number of ether oxygens (including phenoxy) is 1. The van der Waals surface area contributed by atoms with Gasteiger partial charge in [-0.05, 0) is 80.4 Å². The lowest BCUT2D eigenvalue weighted by Crippen LogP contribution is -2.50. The summed E-state index contributed by atoms with van der Waals surface area (Å²) in [7, 11) is 0. The summed E-state index contributed by atoms with van der Waals surface area (Å²) < 4.78 is 8.28. The van der Waals surface area contributed by atoms with Crippen LogP contribution in [0.4, 0.5) is 10.5 Å². The molecule has 39 heavy (non-hydrogen) atoms. The molecule has 0 spiro atoms. The number of anilines is 1. The SMILES string of the molecule is Cc1cccc(NC(=O)N(CC(=O)N2CCn3cccc3C2c2cccc(Oc3ccccc3)c2)C(C)C)c1. The number of nitrogens with zero attached hydrogens (tertiary/aromatic N) is 3. The average molecular weight is 523 g/mol. The molecule has 7 nitrogen and oxygen atoms in total. The van der Waals surface area contributed by atoms with E-state index in [4.69, 9.17) is 4.74 Å². The molecule has 0 radical (unpaired) electrons. The van der Waals surface area contributed by atoms with Crippen LogP contribution in [0, 0.1) is 6.92 Å². The van der Waals surface area contributed by atoms with Crippen molar-refractivity contribution in [3.05, 3.63) is 114 Å². The van der Waals surface area contributed by atoms with Gasteiger partial charge in [0.1, 0.15) is 18.0 Å².